The van der Waals surface area contributed by atoms with Gasteiger partial charge in [0.05, 0.1) is 0 Å². The van der Waals surface area contributed by atoms with E-state index in [1.807, 2.05) is 186 Å². The van der Waals surface area contributed by atoms with Gasteiger partial charge in [0.1, 0.15) is 7.28 Å². The molecule has 10 unspecified atom stereocenters. The van der Waals surface area contributed by atoms with Gasteiger partial charge >= 0.3 is 0 Å². The summed E-state index contributed by atoms with van der Waals surface area (Å²) in [6, 6.07) is 88.5. The van der Waals surface area contributed by atoms with Crippen molar-refractivity contribution in [2.24, 2.45) is 0 Å². The van der Waals surface area contributed by atoms with E-state index >= 15 is 0 Å². The van der Waals surface area contributed by atoms with E-state index in [1.165, 1.54) is 101 Å². The van der Waals surface area contributed by atoms with Crippen LogP contribution in [0.25, 0.3) is 53.9 Å². The molecule has 0 aliphatic rings. The van der Waals surface area contributed by atoms with E-state index in [1.54, 1.807) is 0 Å². The normalized spacial score (nSPS) is 7.15. The Balaban J connectivity index is -0.0000000170. The van der Waals surface area contributed by atoms with Gasteiger partial charge in [0.15, 0.2) is 0 Å². The zero-order valence-electron chi connectivity index (χ0n) is 86.2. The molecule has 0 amide bonds. The van der Waals surface area contributed by atoms with Crippen molar-refractivity contribution in [2.75, 3.05) is 12.5 Å². The Labute approximate surface area is 1520 Å². The molecule has 0 bridgehead atoms. The van der Waals surface area contributed by atoms with Crippen molar-refractivity contribution >= 4 is 179 Å². The molecule has 130 heavy (non-hydrogen) atoms. The first-order valence-electron chi connectivity index (χ1n) is 33.7. The third kappa shape index (κ3) is 188. The van der Waals surface area contributed by atoms with Crippen molar-refractivity contribution in [3.8, 4) is 0 Å². The van der Waals surface area contributed by atoms with Crippen LogP contribution in [0.2, 0.25) is 13.6 Å². The van der Waals surface area contributed by atoms with E-state index in [0.717, 1.165) is 31.5 Å². The molecule has 11 aromatic carbocycles. The minimum atomic E-state index is 0. The molecular weight excluding hydrogens is 3870 g/mol. The van der Waals surface area contributed by atoms with E-state index in [9.17, 15) is 0 Å². The Morgan fingerprint density at radius 3 is 0.577 bits per heavy atom. The second kappa shape index (κ2) is 236. The van der Waals surface area contributed by atoms with Gasteiger partial charge in [0, 0.05) is 883 Å². The maximum absolute atomic E-state index is 4.80. The van der Waals surface area contributed by atoms with Crippen LogP contribution in [-0.2, 0) is 924 Å². The molecule has 11 rings (SSSR count). The predicted octanol–water partition coefficient (Wildman–Crippen LogP) is 32.9. The van der Waals surface area contributed by atoms with Gasteiger partial charge < -0.3 is 59.4 Å². The molecule has 0 aliphatic carbocycles. The molecule has 40 heteroatoms. The molecule has 0 aliphatic heterocycles. The summed E-state index contributed by atoms with van der Waals surface area (Å²) in [5, 5.41) is 16.1. The van der Waals surface area contributed by atoms with Gasteiger partial charge in [-0.2, -0.15) is 0 Å². The molecule has 10 atom stereocenters. The second-order valence-electron chi connectivity index (χ2n) is 19.1. The van der Waals surface area contributed by atoms with Crippen molar-refractivity contribution in [3.63, 3.8) is 0 Å². The summed E-state index contributed by atoms with van der Waals surface area (Å²) in [7, 11) is 16.7. The van der Waals surface area contributed by atoms with Crippen LogP contribution in [0.5, 0.6) is 0 Å². The monoisotopic (exact) mass is 4020 g/mol. The average Bonchev–Trinajstić information content (AvgIpc) is 0.793. The van der Waals surface area contributed by atoms with Crippen molar-refractivity contribution < 1.29 is 883 Å². The van der Waals surface area contributed by atoms with E-state index in [0.29, 0.717) is 0 Å². The fraction of sp³-hybridized carbons (Fsp3) is 0.289. The summed E-state index contributed by atoms with van der Waals surface area (Å²) in [5.41, 5.74) is 2.64. The number of hydrogen-bond donors (Lipinski definition) is 0. The van der Waals surface area contributed by atoms with Crippen molar-refractivity contribution in [2.45, 2.75) is 164 Å². The van der Waals surface area contributed by atoms with Gasteiger partial charge in [0.2, 0.25) is 0 Å². The number of fused-ring (bicyclic) bond motifs is 6. The first kappa shape index (κ1) is 284. The molecule has 0 N–H and O–H groups in total. The van der Waals surface area contributed by atoms with Crippen LogP contribution in [0.15, 0.2) is 255 Å². The predicted molar refractivity (Wildman–Crippen MR) is 546 cm³/mol. The van der Waals surface area contributed by atoms with Crippen molar-refractivity contribution in [1.29, 1.82) is 0 Å². The smallest absolute Gasteiger partial charge is 0.102 e. The summed E-state index contributed by atoms with van der Waals surface area (Å²) in [6.07, 6.45) is 9.11. The zero-order chi connectivity index (χ0) is 73.3. The average molecular weight is 4020 g/mol. The van der Waals surface area contributed by atoms with Gasteiger partial charge in [-0.15, -0.1) is 53.9 Å². The Hall–Kier alpha value is 27.2. The first-order chi connectivity index (χ1) is 46.1. The van der Waals surface area contributed by atoms with E-state index in [2.05, 4.69) is 263 Å². The fourth-order valence-electron chi connectivity index (χ4n) is 6.77. The molecule has 0 fully saturated rings. The van der Waals surface area contributed by atoms with Crippen LogP contribution in [-0.4, -0.2) is 19.8 Å². The number of hydrogen-bond acceptors (Lipinski definition) is 2. The Morgan fingerprint density at radius 2 is 0.377 bits per heavy atom. The summed E-state index contributed by atoms with van der Waals surface area (Å²) in [6.45, 7) is 41.3. The number of benzene rings is 11. The molecule has 0 heterocycles. The molecule has 0 spiro atoms. The molecule has 11 aromatic rings. The molecular formula is C90H152BP8S4Y27-8. The number of aryl methyl sites for hydroxylation is 2. The topological polar surface area (TPSA) is 0 Å². The van der Waals surface area contributed by atoms with Crippen LogP contribution in [0.1, 0.15) is 148 Å². The molecule has 0 nitrogen and oxygen atoms in total. The minimum Gasteiger partial charge on any atom is -0.358 e. The zero-order valence-corrected chi connectivity index (χ0v) is 175. The molecule has 0 saturated heterocycles. The van der Waals surface area contributed by atoms with Crippen molar-refractivity contribution in [1.82, 2.24) is 0 Å². The van der Waals surface area contributed by atoms with Gasteiger partial charge in [-0.05, 0) is 152 Å². The van der Waals surface area contributed by atoms with E-state index in [-0.39, 0.29) is 961 Å². The van der Waals surface area contributed by atoms with Gasteiger partial charge in [-0.3, -0.25) is 0 Å². The number of rotatable bonds is 4. The summed E-state index contributed by atoms with van der Waals surface area (Å²) >= 11 is 9.60. The third-order valence-electron chi connectivity index (χ3n) is 10.3. The van der Waals surface area contributed by atoms with E-state index in [4.69, 9.17) is 22.4 Å². The standard InChI is InChI=1S/2C15H14P2.C10H8.3C6H6.4C3H8.C2H6B.4C2H6.2CH6P2S2.8CH3.27Y/c1-10-2-6-14-11(8-10)3-4-12-9-13(17-16)5-7-15(12)14;1-10-2-3-11-8-14-9-15(17-16)5-4-12(14)7-13(11)6-10;1-2-6-10-8-4-3-7-9(10)5-1;3*1-2-4-6-5-3-1;5*1-3-2;4*1-2;2*1-5(4)3-2;;;;;;;;;;;;;;;;;;;;;;;;;;;;;;;;;;;/h2*2-9,17H,16H2,1H3;1-8H;3*1-6H;4*3H2,1-2H3;1-2H3;4*1-2H3;2*3H,2H2,1H3;8*1H3;;;;;;;;;;;;;;;;;;;;;;;;;;;/q;;;;;;;;;;;;;;;;;8*-1;;;;;;;;;;;;;;;;;;;;;;;;;;;. The van der Waals surface area contributed by atoms with Crippen molar-refractivity contribution in [3.05, 3.63) is 325 Å². The Kier molecular flexibility index (Phi) is 516. The van der Waals surface area contributed by atoms with Crippen LogP contribution in [0.3, 0.4) is 0 Å². The summed E-state index contributed by atoms with van der Waals surface area (Å²) in [5.74, 6) is 0. The fourth-order valence-corrected chi connectivity index (χ4v) is 8.69. The van der Waals surface area contributed by atoms with E-state index < -0.39 is 0 Å². The maximum atomic E-state index is 4.80. The minimum absolute atomic E-state index is 0. The van der Waals surface area contributed by atoms with Gasteiger partial charge in [-0.25, -0.2) is 0 Å². The molecule has 28 radical (unpaired) electrons. The quantitative estimate of drug-likeness (QED) is 0.0566. The largest absolute Gasteiger partial charge is 0.358 e. The molecule has 0 saturated carbocycles. The van der Waals surface area contributed by atoms with Crippen LogP contribution in [0.4, 0.5) is 0 Å². The SMILES string of the molecule is CC.CC.CC.CC.CCC.CCC.CCC.CCC.CS(=S)PP.CS(=S)PP.C[B]C.Cc1ccc2c(ccc3cc(PP)ccc32)c1.Cc1ccc2cc3cc(PP)ccc3cc2c1.[CH3-].[CH3-].[CH3-].[CH3-].[CH3-].[CH3-].[CH3-].[CH3-].[Y].[Y].[Y].[Y].[Y].[Y].[Y].[Y].[Y].[Y].[Y].[Y].[Y].[Y].[Y].[Y].[Y].[Y].[Y].[Y].[Y].[Y].[Y].[Y].[Y].[Y].[Y].c1ccc2ccccc2c1.c1ccccc1.c1ccccc1.c1ccccc1. The van der Waals surface area contributed by atoms with Gasteiger partial charge in [0.25, 0.3) is 0 Å². The summed E-state index contributed by atoms with van der Waals surface area (Å²) in [4.78, 5) is 0. The third-order valence-corrected chi connectivity index (χ3v) is 27.4. The molecule has 668 valence electrons. The summed E-state index contributed by atoms with van der Waals surface area (Å²) < 4.78 is 0. The van der Waals surface area contributed by atoms with Crippen LogP contribution < -0.4 is 10.6 Å². The molecule has 0 aromatic heterocycles. The van der Waals surface area contributed by atoms with Crippen LogP contribution >= 0.6 is 67.2 Å². The van der Waals surface area contributed by atoms with Crippen LogP contribution in [0, 0.1) is 73.3 Å². The Bertz CT molecular complexity index is 3230. The van der Waals surface area contributed by atoms with Gasteiger partial charge in [-0.1, -0.05) is 408 Å². The maximum Gasteiger partial charge on any atom is 0.102 e. The Morgan fingerprint density at radius 1 is 0.231 bits per heavy atom. The first-order valence-corrected chi connectivity index (χ1v) is 51.5. The second-order valence-corrected chi connectivity index (χ2v) is 39.0.